The van der Waals surface area contributed by atoms with Gasteiger partial charge in [0, 0.05) is 10.8 Å². The van der Waals surface area contributed by atoms with Gasteiger partial charge in [-0.25, -0.2) is 0 Å². The third-order valence-electron chi connectivity index (χ3n) is 6.58. The topological polar surface area (TPSA) is 0 Å². The van der Waals surface area contributed by atoms with E-state index >= 15 is 0 Å². The average molecular weight is 262 g/mol. The van der Waals surface area contributed by atoms with Crippen LogP contribution in [0.3, 0.4) is 0 Å². The van der Waals surface area contributed by atoms with Crippen molar-refractivity contribution >= 4 is 0 Å². The molecule has 20 heavy (non-hydrogen) atoms. The molecule has 0 nitrogen and oxygen atoms in total. The number of allylic oxidation sites excluding steroid dienone is 4. The second-order valence-corrected chi connectivity index (χ2v) is 7.61. The lowest BCUT2D eigenvalue weighted by Crippen LogP contribution is -2.20. The molecule has 4 unspecified atom stereocenters. The summed E-state index contributed by atoms with van der Waals surface area (Å²) in [7, 11) is 0. The fourth-order valence-electron chi connectivity index (χ4n) is 5.35. The highest BCUT2D eigenvalue weighted by molar-refractivity contribution is 5.43. The van der Waals surface area contributed by atoms with Gasteiger partial charge >= 0.3 is 0 Å². The Morgan fingerprint density at radius 3 is 1.40 bits per heavy atom. The van der Waals surface area contributed by atoms with Crippen LogP contribution in [-0.2, 0) is 10.8 Å². The molecule has 4 bridgehead atoms. The van der Waals surface area contributed by atoms with Crippen LogP contribution in [0.15, 0.2) is 48.6 Å². The van der Waals surface area contributed by atoms with Crippen molar-refractivity contribution in [2.75, 3.05) is 0 Å². The minimum absolute atomic E-state index is 0.393. The first-order valence-corrected chi connectivity index (χ1v) is 8.28. The lowest BCUT2D eigenvalue weighted by molar-refractivity contribution is 0.555. The Morgan fingerprint density at radius 2 is 1.15 bits per heavy atom. The molecular weight excluding hydrogens is 240 g/mol. The van der Waals surface area contributed by atoms with Gasteiger partial charge in [0.2, 0.25) is 0 Å². The van der Waals surface area contributed by atoms with Crippen LogP contribution in [0.5, 0.6) is 0 Å². The molecule has 2 saturated carbocycles. The van der Waals surface area contributed by atoms with E-state index in [-0.39, 0.29) is 0 Å². The van der Waals surface area contributed by atoms with Gasteiger partial charge in [-0.3, -0.25) is 0 Å². The summed E-state index contributed by atoms with van der Waals surface area (Å²) in [6.45, 7) is 0. The SMILES string of the molecule is C1=CC2(c3ccc(C45C=CC(CC4)C5)cc3)CCC1C2. The summed E-state index contributed by atoms with van der Waals surface area (Å²) < 4.78 is 0. The molecule has 2 fully saturated rings. The number of hydrogen-bond acceptors (Lipinski definition) is 0. The first kappa shape index (κ1) is 11.4. The van der Waals surface area contributed by atoms with Crippen molar-refractivity contribution in [3.8, 4) is 0 Å². The van der Waals surface area contributed by atoms with Gasteiger partial charge in [-0.05, 0) is 61.5 Å². The van der Waals surface area contributed by atoms with E-state index in [9.17, 15) is 0 Å². The quantitative estimate of drug-likeness (QED) is 0.665. The van der Waals surface area contributed by atoms with Crippen LogP contribution in [0.25, 0.3) is 0 Å². The molecular formula is C20H22. The Bertz CT molecular complexity index is 550. The molecule has 0 N–H and O–H groups in total. The largest absolute Gasteiger partial charge is 0.0845 e. The normalized spacial score (nSPS) is 43.8. The van der Waals surface area contributed by atoms with Crippen molar-refractivity contribution in [1.82, 2.24) is 0 Å². The number of fused-ring (bicyclic) bond motifs is 4. The molecule has 1 aromatic rings. The molecule has 0 aliphatic heterocycles. The highest BCUT2D eigenvalue weighted by Crippen LogP contribution is 2.53. The van der Waals surface area contributed by atoms with Gasteiger partial charge in [0.15, 0.2) is 0 Å². The summed E-state index contributed by atoms with van der Waals surface area (Å²) in [6, 6.07) is 9.73. The van der Waals surface area contributed by atoms with Gasteiger partial charge < -0.3 is 0 Å². The number of hydrogen-bond donors (Lipinski definition) is 0. The van der Waals surface area contributed by atoms with E-state index in [1.807, 2.05) is 0 Å². The summed E-state index contributed by atoms with van der Waals surface area (Å²) in [5, 5.41) is 0. The van der Waals surface area contributed by atoms with Gasteiger partial charge in [-0.1, -0.05) is 48.6 Å². The van der Waals surface area contributed by atoms with Gasteiger partial charge in [-0.2, -0.15) is 0 Å². The highest BCUT2D eigenvalue weighted by atomic mass is 14.5. The van der Waals surface area contributed by atoms with E-state index in [1.54, 1.807) is 11.1 Å². The van der Waals surface area contributed by atoms with E-state index in [2.05, 4.69) is 48.6 Å². The van der Waals surface area contributed by atoms with Gasteiger partial charge in [-0.15, -0.1) is 0 Å². The van der Waals surface area contributed by atoms with Crippen molar-refractivity contribution in [2.45, 2.75) is 49.4 Å². The zero-order chi connectivity index (χ0) is 13.2. The molecule has 0 radical (unpaired) electrons. The summed E-state index contributed by atoms with van der Waals surface area (Å²) in [4.78, 5) is 0. The standard InChI is InChI=1S/C20H22/c1-2-18(20-11-7-16(14-20)8-12-20)4-3-17(1)19-9-5-15(13-19)6-10-19/h1-5,7,9,11,15-16H,6,8,10,12-14H2. The van der Waals surface area contributed by atoms with Crippen LogP contribution in [-0.4, -0.2) is 0 Å². The fraction of sp³-hybridized carbons (Fsp3) is 0.500. The maximum atomic E-state index is 2.50. The molecule has 102 valence electrons. The first-order valence-electron chi connectivity index (χ1n) is 8.28. The zero-order valence-corrected chi connectivity index (χ0v) is 12.0. The molecule has 0 aromatic heterocycles. The monoisotopic (exact) mass is 262 g/mol. The summed E-state index contributed by atoms with van der Waals surface area (Å²) in [6.07, 6.45) is 18.1. The highest BCUT2D eigenvalue weighted by Gasteiger charge is 2.44. The van der Waals surface area contributed by atoms with Crippen molar-refractivity contribution in [3.05, 3.63) is 59.7 Å². The van der Waals surface area contributed by atoms with E-state index in [4.69, 9.17) is 0 Å². The van der Waals surface area contributed by atoms with Crippen molar-refractivity contribution in [3.63, 3.8) is 0 Å². The first-order chi connectivity index (χ1) is 9.78. The van der Waals surface area contributed by atoms with E-state index < -0.39 is 0 Å². The summed E-state index contributed by atoms with van der Waals surface area (Å²) in [5.41, 5.74) is 3.91. The van der Waals surface area contributed by atoms with Crippen molar-refractivity contribution < 1.29 is 0 Å². The second kappa shape index (κ2) is 3.67. The van der Waals surface area contributed by atoms with E-state index in [1.165, 1.54) is 38.5 Å². The van der Waals surface area contributed by atoms with Crippen LogP contribution in [0, 0.1) is 11.8 Å². The van der Waals surface area contributed by atoms with Crippen molar-refractivity contribution in [1.29, 1.82) is 0 Å². The number of rotatable bonds is 2. The van der Waals surface area contributed by atoms with Crippen LogP contribution in [0.4, 0.5) is 0 Å². The minimum Gasteiger partial charge on any atom is -0.0845 e. The molecule has 4 aliphatic carbocycles. The van der Waals surface area contributed by atoms with Crippen LogP contribution in [0.1, 0.15) is 49.7 Å². The maximum Gasteiger partial charge on any atom is 0.0138 e. The Hall–Kier alpha value is -1.30. The van der Waals surface area contributed by atoms with Crippen LogP contribution >= 0.6 is 0 Å². The molecule has 0 spiro atoms. The van der Waals surface area contributed by atoms with Gasteiger partial charge in [0.25, 0.3) is 0 Å². The molecule has 0 amide bonds. The zero-order valence-electron chi connectivity index (χ0n) is 12.0. The Balaban J connectivity index is 1.50. The van der Waals surface area contributed by atoms with E-state index in [0.717, 1.165) is 11.8 Å². The smallest absolute Gasteiger partial charge is 0.0138 e. The fourth-order valence-corrected chi connectivity index (χ4v) is 5.35. The Kier molecular flexibility index (Phi) is 2.08. The predicted molar refractivity (Wildman–Crippen MR) is 82.8 cm³/mol. The van der Waals surface area contributed by atoms with Gasteiger partial charge in [0.05, 0.1) is 0 Å². The Labute approximate surface area is 121 Å². The Morgan fingerprint density at radius 1 is 0.700 bits per heavy atom. The third-order valence-corrected chi connectivity index (χ3v) is 6.58. The second-order valence-electron chi connectivity index (χ2n) is 7.61. The molecule has 4 aliphatic rings. The molecule has 5 rings (SSSR count). The molecule has 1 aromatic carbocycles. The third kappa shape index (κ3) is 1.38. The molecule has 0 saturated heterocycles. The summed E-state index contributed by atoms with van der Waals surface area (Å²) >= 11 is 0. The van der Waals surface area contributed by atoms with E-state index in [0.29, 0.717) is 10.8 Å². The van der Waals surface area contributed by atoms with Crippen LogP contribution in [0.2, 0.25) is 0 Å². The predicted octanol–water partition coefficient (Wildman–Crippen LogP) is 4.90. The van der Waals surface area contributed by atoms with Gasteiger partial charge in [0.1, 0.15) is 0 Å². The lowest BCUT2D eigenvalue weighted by Gasteiger charge is -2.28. The lowest BCUT2D eigenvalue weighted by atomic mass is 9.76. The molecule has 4 atom stereocenters. The summed E-state index contributed by atoms with van der Waals surface area (Å²) in [5.74, 6) is 1.73. The van der Waals surface area contributed by atoms with Crippen LogP contribution < -0.4 is 0 Å². The molecule has 0 heterocycles. The van der Waals surface area contributed by atoms with Crippen molar-refractivity contribution in [2.24, 2.45) is 11.8 Å². The number of benzene rings is 1. The molecule has 0 heteroatoms. The minimum atomic E-state index is 0.393. The maximum absolute atomic E-state index is 2.50. The average Bonchev–Trinajstić information content (AvgIpc) is 3.28.